The van der Waals surface area contributed by atoms with Crippen LogP contribution < -0.4 is 4.74 Å². The van der Waals surface area contributed by atoms with E-state index in [-0.39, 0.29) is 6.10 Å². The van der Waals surface area contributed by atoms with Crippen molar-refractivity contribution in [2.24, 2.45) is 0 Å². The fraction of sp³-hybridized carbons (Fsp3) is 0.500. The highest BCUT2D eigenvalue weighted by Gasteiger charge is 2.19. The Morgan fingerprint density at radius 3 is 3.20 bits per heavy atom. The summed E-state index contributed by atoms with van der Waals surface area (Å²) in [5.74, 6) is 6.99. The molecule has 0 spiro atoms. The van der Waals surface area contributed by atoms with E-state index in [1.54, 1.807) is 0 Å². The third-order valence-electron chi connectivity index (χ3n) is 3.24. The molecule has 1 aromatic carbocycles. The van der Waals surface area contributed by atoms with Gasteiger partial charge in [-0.25, -0.2) is 0 Å². The van der Waals surface area contributed by atoms with Crippen LogP contribution in [-0.2, 0) is 4.74 Å². The molecule has 2 rings (SSSR count). The van der Waals surface area contributed by atoms with Crippen LogP contribution in [0, 0.1) is 11.8 Å². The summed E-state index contributed by atoms with van der Waals surface area (Å²) >= 11 is 5.56. The third-order valence-corrected chi connectivity index (χ3v) is 3.37. The maximum Gasteiger partial charge on any atom is 0.120 e. The Balaban J connectivity index is 1.87. The van der Waals surface area contributed by atoms with Crippen LogP contribution in [0.5, 0.6) is 5.75 Å². The smallest absolute Gasteiger partial charge is 0.120 e. The fourth-order valence-electron chi connectivity index (χ4n) is 2.16. The first-order valence-corrected chi connectivity index (χ1v) is 7.47. The predicted molar refractivity (Wildman–Crippen MR) is 81.4 cm³/mol. The molecule has 3 nitrogen and oxygen atoms in total. The second-order valence-electron chi connectivity index (χ2n) is 4.66. The van der Waals surface area contributed by atoms with E-state index >= 15 is 0 Å². The quantitative estimate of drug-likeness (QED) is 0.628. The minimum Gasteiger partial charge on any atom is -0.491 e. The van der Waals surface area contributed by atoms with Crippen molar-refractivity contribution in [3.63, 3.8) is 0 Å². The molecule has 1 unspecified atom stereocenters. The molecule has 1 aliphatic rings. The van der Waals surface area contributed by atoms with Gasteiger partial charge in [0.15, 0.2) is 0 Å². The van der Waals surface area contributed by atoms with Gasteiger partial charge in [-0.15, -0.1) is 11.6 Å². The van der Waals surface area contributed by atoms with Crippen molar-refractivity contribution >= 4 is 11.6 Å². The standard InChI is InChI=1S/C16H20ClNO2/c1-2-18-9-10-19-16(12-18)13-20-15-7-3-5-14(11-15)6-4-8-17/h3,5,7,11,16H,2,8-10,12-13H2,1H3. The molecule has 0 bridgehead atoms. The number of hydrogen-bond donors (Lipinski definition) is 0. The summed E-state index contributed by atoms with van der Waals surface area (Å²) in [6.45, 7) is 6.52. The van der Waals surface area contributed by atoms with Gasteiger partial charge in [0.05, 0.1) is 12.5 Å². The van der Waals surface area contributed by atoms with Crippen molar-refractivity contribution in [1.82, 2.24) is 4.90 Å². The number of halogens is 1. The van der Waals surface area contributed by atoms with E-state index in [1.807, 2.05) is 24.3 Å². The second kappa shape index (κ2) is 8.16. The maximum atomic E-state index is 5.81. The molecule has 0 amide bonds. The van der Waals surface area contributed by atoms with Crippen LogP contribution in [0.2, 0.25) is 0 Å². The van der Waals surface area contributed by atoms with Crippen LogP contribution in [0.25, 0.3) is 0 Å². The number of nitrogens with zero attached hydrogens (tertiary/aromatic N) is 1. The average Bonchev–Trinajstić information content (AvgIpc) is 2.51. The fourth-order valence-corrected chi connectivity index (χ4v) is 2.22. The normalized spacial score (nSPS) is 19.2. The van der Waals surface area contributed by atoms with E-state index < -0.39 is 0 Å². The lowest BCUT2D eigenvalue weighted by atomic mass is 10.2. The highest BCUT2D eigenvalue weighted by Crippen LogP contribution is 2.14. The lowest BCUT2D eigenvalue weighted by Crippen LogP contribution is -2.44. The number of likely N-dealkylation sites (N-methyl/N-ethyl adjacent to an activating group) is 1. The Morgan fingerprint density at radius 1 is 1.50 bits per heavy atom. The van der Waals surface area contributed by atoms with Gasteiger partial charge in [0.25, 0.3) is 0 Å². The zero-order valence-corrected chi connectivity index (χ0v) is 12.5. The molecule has 0 N–H and O–H groups in total. The zero-order chi connectivity index (χ0) is 14.2. The highest BCUT2D eigenvalue weighted by molar-refractivity contribution is 6.19. The molecule has 1 fully saturated rings. The lowest BCUT2D eigenvalue weighted by molar-refractivity contribution is -0.0464. The average molecular weight is 294 g/mol. The summed E-state index contributed by atoms with van der Waals surface area (Å²) < 4.78 is 11.5. The topological polar surface area (TPSA) is 21.7 Å². The number of alkyl halides is 1. The Morgan fingerprint density at radius 2 is 2.40 bits per heavy atom. The monoisotopic (exact) mass is 293 g/mol. The largest absolute Gasteiger partial charge is 0.491 e. The molecule has 1 saturated heterocycles. The summed E-state index contributed by atoms with van der Waals surface area (Å²) in [7, 11) is 0. The molecule has 20 heavy (non-hydrogen) atoms. The molecule has 0 aromatic heterocycles. The van der Waals surface area contributed by atoms with E-state index in [1.165, 1.54) is 0 Å². The first-order chi connectivity index (χ1) is 9.81. The van der Waals surface area contributed by atoms with E-state index in [2.05, 4.69) is 23.7 Å². The Hall–Kier alpha value is -1.21. The molecule has 0 radical (unpaired) electrons. The minimum atomic E-state index is 0.140. The number of ether oxygens (including phenoxy) is 2. The third kappa shape index (κ3) is 4.72. The van der Waals surface area contributed by atoms with Gasteiger partial charge in [0.2, 0.25) is 0 Å². The lowest BCUT2D eigenvalue weighted by Gasteiger charge is -2.31. The summed E-state index contributed by atoms with van der Waals surface area (Å²) in [4.78, 5) is 2.37. The van der Waals surface area contributed by atoms with Crippen molar-refractivity contribution in [1.29, 1.82) is 0 Å². The molecule has 0 aliphatic carbocycles. The molecule has 4 heteroatoms. The van der Waals surface area contributed by atoms with E-state index in [9.17, 15) is 0 Å². The highest BCUT2D eigenvalue weighted by atomic mass is 35.5. The van der Waals surface area contributed by atoms with Crippen molar-refractivity contribution < 1.29 is 9.47 Å². The van der Waals surface area contributed by atoms with Gasteiger partial charge in [-0.3, -0.25) is 4.90 Å². The Kier molecular flexibility index (Phi) is 6.20. The van der Waals surface area contributed by atoms with Gasteiger partial charge in [-0.1, -0.05) is 24.8 Å². The van der Waals surface area contributed by atoms with E-state index in [0.717, 1.165) is 37.6 Å². The van der Waals surface area contributed by atoms with Gasteiger partial charge < -0.3 is 9.47 Å². The first kappa shape index (κ1) is 15.2. The van der Waals surface area contributed by atoms with Crippen LogP contribution >= 0.6 is 11.6 Å². The van der Waals surface area contributed by atoms with Crippen molar-refractivity contribution in [3.05, 3.63) is 29.8 Å². The first-order valence-electron chi connectivity index (χ1n) is 6.93. The van der Waals surface area contributed by atoms with Crippen LogP contribution in [-0.4, -0.2) is 49.7 Å². The summed E-state index contributed by atoms with van der Waals surface area (Å²) in [6, 6.07) is 7.75. The molecule has 0 saturated carbocycles. The SMILES string of the molecule is CCN1CCOC(COc2cccc(C#CCCl)c2)C1. The van der Waals surface area contributed by atoms with Gasteiger partial charge in [-0.05, 0) is 24.7 Å². The summed E-state index contributed by atoms with van der Waals surface area (Å²) in [5, 5.41) is 0. The van der Waals surface area contributed by atoms with Gasteiger partial charge >= 0.3 is 0 Å². The number of hydrogen-bond acceptors (Lipinski definition) is 3. The molecule has 1 aliphatic heterocycles. The van der Waals surface area contributed by atoms with Crippen molar-refractivity contribution in [2.45, 2.75) is 13.0 Å². The van der Waals surface area contributed by atoms with Gasteiger partial charge in [-0.2, -0.15) is 0 Å². The summed E-state index contributed by atoms with van der Waals surface area (Å²) in [5.41, 5.74) is 0.919. The summed E-state index contributed by atoms with van der Waals surface area (Å²) in [6.07, 6.45) is 0.140. The molecular weight excluding hydrogens is 274 g/mol. The van der Waals surface area contributed by atoms with Crippen LogP contribution in [0.3, 0.4) is 0 Å². The zero-order valence-electron chi connectivity index (χ0n) is 11.8. The molecule has 1 aromatic rings. The number of morpholine rings is 1. The molecule has 1 heterocycles. The van der Waals surface area contributed by atoms with Crippen LogP contribution in [0.1, 0.15) is 12.5 Å². The second-order valence-corrected chi connectivity index (χ2v) is 4.93. The predicted octanol–water partition coefficient (Wildman–Crippen LogP) is 2.38. The minimum absolute atomic E-state index is 0.140. The number of benzene rings is 1. The Labute approximate surface area is 125 Å². The molecule has 108 valence electrons. The van der Waals surface area contributed by atoms with Gasteiger partial charge in [0.1, 0.15) is 18.5 Å². The van der Waals surface area contributed by atoms with Crippen molar-refractivity contribution in [2.75, 3.05) is 38.7 Å². The number of rotatable bonds is 4. The Bertz CT molecular complexity index is 481. The maximum absolute atomic E-state index is 5.81. The van der Waals surface area contributed by atoms with E-state index in [4.69, 9.17) is 21.1 Å². The van der Waals surface area contributed by atoms with Crippen molar-refractivity contribution in [3.8, 4) is 17.6 Å². The van der Waals surface area contributed by atoms with Crippen LogP contribution in [0.4, 0.5) is 0 Å². The van der Waals surface area contributed by atoms with Gasteiger partial charge in [0, 0.05) is 18.7 Å². The van der Waals surface area contributed by atoms with E-state index in [0.29, 0.717) is 12.5 Å². The van der Waals surface area contributed by atoms with Crippen LogP contribution in [0.15, 0.2) is 24.3 Å². The molecule has 1 atom stereocenters. The molecular formula is C16H20ClNO2.